The zero-order chi connectivity index (χ0) is 31.8. The molecule has 3 aliphatic heterocycles. The highest BCUT2D eigenvalue weighted by molar-refractivity contribution is 8.44. The Morgan fingerprint density at radius 2 is 1.53 bits per heavy atom. The molecule has 4 aromatic heterocycles. The molecular formula is C20H23FN10O10P2S2. The third-order valence-corrected chi connectivity index (χ3v) is 10.5. The first-order valence-corrected chi connectivity index (χ1v) is 18.3. The fraction of sp³-hybridized carbons (Fsp3) is 0.500. The van der Waals surface area contributed by atoms with Crippen LogP contribution in [0.5, 0.6) is 0 Å². The topological polar surface area (TPSA) is 269 Å². The molecule has 242 valence electrons. The number of aliphatic hydroxyl groups is 1. The summed E-state index contributed by atoms with van der Waals surface area (Å²) in [5.74, 6) is -0.193. The SMILES string of the molecule is Nc1nc2c(ncn2[C@@H]2O[C@@H]3CO[P@@](=O)(S)O[C@@H]4[C@H](O)[C@@H](CO[P@@](=O)(S)O[C@H]3[C@H]2F)O[C@H]4n2cnc3c(N)ncnc32)c(=O)[nH]1. The summed E-state index contributed by atoms with van der Waals surface area (Å²) >= 11 is 8.04. The molecule has 0 saturated carbocycles. The molecule has 3 fully saturated rings. The first-order valence-electron chi connectivity index (χ1n) is 12.9. The average molecular weight is 709 g/mol. The van der Waals surface area contributed by atoms with Gasteiger partial charge in [0.2, 0.25) is 5.95 Å². The largest absolute Gasteiger partial charge is 0.387 e. The predicted octanol–water partition coefficient (Wildman–Crippen LogP) is 0.511. The van der Waals surface area contributed by atoms with Gasteiger partial charge in [-0.05, 0) is 0 Å². The summed E-state index contributed by atoms with van der Waals surface area (Å²) < 4.78 is 79.1. The van der Waals surface area contributed by atoms with Gasteiger partial charge in [-0.15, -0.1) is 0 Å². The number of nitrogens with one attached hydrogen (secondary N) is 1. The van der Waals surface area contributed by atoms with Gasteiger partial charge in [-0.25, -0.2) is 33.5 Å². The summed E-state index contributed by atoms with van der Waals surface area (Å²) in [5, 5.41) is 11.1. The average Bonchev–Trinajstić information content (AvgIpc) is 3.72. The van der Waals surface area contributed by atoms with Crippen molar-refractivity contribution in [1.82, 2.24) is 39.0 Å². The van der Waals surface area contributed by atoms with Crippen LogP contribution in [-0.2, 0) is 36.7 Å². The van der Waals surface area contributed by atoms with Gasteiger partial charge in [0.25, 0.3) is 5.56 Å². The third kappa shape index (κ3) is 5.54. The summed E-state index contributed by atoms with van der Waals surface area (Å²) in [6.45, 7) is -10.1. The minimum Gasteiger partial charge on any atom is -0.387 e. The van der Waals surface area contributed by atoms with Gasteiger partial charge in [-0.3, -0.25) is 37.0 Å². The molecule has 20 nitrogen and oxygen atoms in total. The standard InChI is InChI=1S/C20H23FN10O10P2S2/c21-8-12-7(39-18(8)31-5-27-10-16(31)28-20(23)29-17(10)33)2-37-43(35,45)41-13-11(32)6(1-36-42(34,44)40-12)38-19(13)30-4-26-9-14(22)24-3-25-15(9)30/h3-8,11-13,18-19,32H,1-2H2,(H,34,44)(H,35,45)(H2,22,24,25)(H3,23,28,29,33)/t6-,7-,8-,11-,12-,13-,18-,19-,42-,43-/m1/s1. The number of ether oxygens (including phenoxy) is 2. The number of nitrogens with two attached hydrogens (primary N) is 2. The number of fused-ring (bicyclic) bond motifs is 5. The van der Waals surface area contributed by atoms with Gasteiger partial charge in [0.15, 0.2) is 41.3 Å². The van der Waals surface area contributed by atoms with E-state index in [1.807, 2.05) is 0 Å². The number of nitrogens with zero attached hydrogens (tertiary/aromatic N) is 7. The number of aliphatic hydroxyl groups excluding tert-OH is 1. The van der Waals surface area contributed by atoms with E-state index in [1.54, 1.807) is 0 Å². The second-order valence-corrected chi connectivity index (χ2v) is 15.8. The van der Waals surface area contributed by atoms with E-state index in [0.29, 0.717) is 0 Å². The lowest BCUT2D eigenvalue weighted by atomic mass is 10.1. The highest BCUT2D eigenvalue weighted by Gasteiger charge is 2.54. The van der Waals surface area contributed by atoms with Gasteiger partial charge in [0.05, 0.1) is 25.9 Å². The molecule has 4 aromatic rings. The van der Waals surface area contributed by atoms with E-state index < -0.39 is 81.5 Å². The number of aromatic amines is 1. The molecule has 10 atom stereocenters. The van der Waals surface area contributed by atoms with E-state index in [2.05, 4.69) is 54.4 Å². The highest BCUT2D eigenvalue weighted by Crippen LogP contribution is 2.60. The van der Waals surface area contributed by atoms with Crippen molar-refractivity contribution < 1.29 is 46.2 Å². The highest BCUT2D eigenvalue weighted by atomic mass is 32.7. The van der Waals surface area contributed by atoms with Gasteiger partial charge in [0.1, 0.15) is 42.4 Å². The second-order valence-electron chi connectivity index (χ2n) is 10.1. The molecule has 0 amide bonds. The van der Waals surface area contributed by atoms with Crippen LogP contribution < -0.4 is 17.0 Å². The van der Waals surface area contributed by atoms with Gasteiger partial charge in [-0.1, -0.05) is 24.5 Å². The molecule has 6 N–H and O–H groups in total. The van der Waals surface area contributed by atoms with Crippen LogP contribution in [0.2, 0.25) is 0 Å². The molecule has 2 bridgehead atoms. The van der Waals surface area contributed by atoms with Crippen LogP contribution in [0.15, 0.2) is 23.8 Å². The number of alkyl halides is 1. The summed E-state index contributed by atoms with van der Waals surface area (Å²) in [6, 6.07) is 0. The predicted molar refractivity (Wildman–Crippen MR) is 156 cm³/mol. The fourth-order valence-electron chi connectivity index (χ4n) is 5.26. The van der Waals surface area contributed by atoms with Crippen molar-refractivity contribution in [2.24, 2.45) is 0 Å². The van der Waals surface area contributed by atoms with Crippen molar-refractivity contribution in [2.45, 2.75) is 49.1 Å². The number of thiol groups is 2. The molecule has 0 spiro atoms. The van der Waals surface area contributed by atoms with E-state index in [4.69, 9.17) is 39.0 Å². The number of imidazole rings is 2. The molecule has 3 saturated heterocycles. The molecule has 45 heavy (non-hydrogen) atoms. The minimum atomic E-state index is -4.42. The third-order valence-electron chi connectivity index (χ3n) is 7.28. The quantitative estimate of drug-likeness (QED) is 0.122. The summed E-state index contributed by atoms with van der Waals surface area (Å²) in [5.41, 5.74) is 11.0. The maximum atomic E-state index is 16.0. The number of hydrogen-bond donors (Lipinski definition) is 6. The van der Waals surface area contributed by atoms with Crippen LogP contribution >= 0.6 is 38.1 Å². The Labute approximate surface area is 260 Å². The maximum Gasteiger partial charge on any atom is 0.386 e. The van der Waals surface area contributed by atoms with Crippen LogP contribution in [0.1, 0.15) is 12.5 Å². The van der Waals surface area contributed by atoms with Crippen molar-refractivity contribution in [3.8, 4) is 0 Å². The Balaban J connectivity index is 1.21. The van der Waals surface area contributed by atoms with Crippen molar-refractivity contribution in [2.75, 3.05) is 24.7 Å². The van der Waals surface area contributed by atoms with Gasteiger partial charge >= 0.3 is 13.6 Å². The van der Waals surface area contributed by atoms with Crippen LogP contribution in [-0.4, -0.2) is 94.0 Å². The molecule has 25 heteroatoms. The lowest BCUT2D eigenvalue weighted by Gasteiger charge is -2.26. The van der Waals surface area contributed by atoms with E-state index in [1.165, 1.54) is 17.2 Å². The van der Waals surface area contributed by atoms with E-state index in [-0.39, 0.29) is 34.1 Å². The lowest BCUT2D eigenvalue weighted by Crippen LogP contribution is -2.35. The van der Waals surface area contributed by atoms with Crippen LogP contribution in [0.25, 0.3) is 22.3 Å². The van der Waals surface area contributed by atoms with Gasteiger partial charge in [0, 0.05) is 0 Å². The molecule has 7 rings (SSSR count). The van der Waals surface area contributed by atoms with Crippen molar-refractivity contribution >= 4 is 72.2 Å². The minimum absolute atomic E-state index is 0.0680. The Morgan fingerprint density at radius 3 is 2.27 bits per heavy atom. The lowest BCUT2D eigenvalue weighted by molar-refractivity contribution is -0.0568. The number of nitrogen functional groups attached to an aromatic ring is 2. The zero-order valence-corrected chi connectivity index (χ0v) is 25.9. The maximum absolute atomic E-state index is 16.0. The molecule has 0 radical (unpaired) electrons. The zero-order valence-electron chi connectivity index (χ0n) is 22.3. The van der Waals surface area contributed by atoms with Crippen molar-refractivity contribution in [1.29, 1.82) is 0 Å². The number of H-pyrrole nitrogens is 1. The normalized spacial score (nSPS) is 37.7. The first kappa shape index (κ1) is 30.9. The Morgan fingerprint density at radius 1 is 0.911 bits per heavy atom. The van der Waals surface area contributed by atoms with Crippen molar-refractivity contribution in [3.05, 3.63) is 29.3 Å². The molecule has 0 aliphatic carbocycles. The first-order chi connectivity index (χ1) is 21.3. The second kappa shape index (κ2) is 11.2. The van der Waals surface area contributed by atoms with E-state index in [0.717, 1.165) is 10.9 Å². The van der Waals surface area contributed by atoms with E-state index >= 15 is 4.39 Å². The van der Waals surface area contributed by atoms with Gasteiger partial charge in [-0.2, -0.15) is 4.98 Å². The van der Waals surface area contributed by atoms with Gasteiger partial charge < -0.3 is 26.0 Å². The Hall–Kier alpha value is -2.69. The van der Waals surface area contributed by atoms with E-state index in [9.17, 15) is 19.0 Å². The van der Waals surface area contributed by atoms with Crippen LogP contribution in [0, 0.1) is 0 Å². The van der Waals surface area contributed by atoms with Crippen LogP contribution in [0.3, 0.4) is 0 Å². The molecule has 7 heterocycles. The summed E-state index contributed by atoms with van der Waals surface area (Å²) in [6.07, 6.45) is -8.71. The number of rotatable bonds is 2. The Bertz CT molecular complexity index is 1950. The van der Waals surface area contributed by atoms with Crippen LogP contribution in [0.4, 0.5) is 16.2 Å². The Kier molecular flexibility index (Phi) is 7.72. The summed E-state index contributed by atoms with van der Waals surface area (Å²) in [4.78, 5) is 34.7. The monoisotopic (exact) mass is 708 g/mol. The summed E-state index contributed by atoms with van der Waals surface area (Å²) in [7, 11) is 0. The fourth-order valence-corrected chi connectivity index (χ4v) is 8.20. The molecule has 3 aliphatic rings. The number of anilines is 2. The smallest absolute Gasteiger partial charge is 0.386 e. The molecule has 0 aromatic carbocycles. The molecular weight excluding hydrogens is 685 g/mol. The molecule has 0 unspecified atom stereocenters. The van der Waals surface area contributed by atoms with Crippen molar-refractivity contribution in [3.63, 3.8) is 0 Å². The number of aromatic nitrogens is 8. The number of halogens is 1. The number of hydrogen-bond acceptors (Lipinski definition) is 17.